The summed E-state index contributed by atoms with van der Waals surface area (Å²) in [6, 6.07) is 10.9. The Morgan fingerprint density at radius 2 is 1.56 bits per heavy atom. The van der Waals surface area contributed by atoms with Crippen LogP contribution in [0.15, 0.2) is 30.3 Å². The largest absolute Gasteiger partial charge is 0.481 e. The van der Waals surface area contributed by atoms with Gasteiger partial charge in [0.15, 0.2) is 0 Å². The van der Waals surface area contributed by atoms with Crippen molar-refractivity contribution in [2.45, 2.75) is 31.2 Å². The molecule has 1 aromatic carbocycles. The van der Waals surface area contributed by atoms with Gasteiger partial charge in [-0.2, -0.15) is 0 Å². The van der Waals surface area contributed by atoms with E-state index in [1.807, 2.05) is 6.07 Å². The van der Waals surface area contributed by atoms with Gasteiger partial charge in [0.1, 0.15) is 0 Å². The zero-order chi connectivity index (χ0) is 13.5. The molecule has 0 spiro atoms. The molecular formula is C13H17NO4. The lowest BCUT2D eigenvalue weighted by Crippen LogP contribution is -2.00. The van der Waals surface area contributed by atoms with Crippen LogP contribution in [0, 0.1) is 0 Å². The van der Waals surface area contributed by atoms with Gasteiger partial charge in [0.25, 0.3) is 0 Å². The second-order valence-electron chi connectivity index (χ2n) is 4.20. The Kier molecular flexibility index (Phi) is 5.32. The molecule has 0 bridgehead atoms. The fourth-order valence-corrected chi connectivity index (χ4v) is 1.51. The highest BCUT2D eigenvalue weighted by Gasteiger charge is 2.34. The molecule has 2 rings (SSSR count). The van der Waals surface area contributed by atoms with E-state index in [4.69, 9.17) is 15.9 Å². The van der Waals surface area contributed by atoms with E-state index < -0.39 is 11.9 Å². The maximum Gasteiger partial charge on any atom is 0.303 e. The molecule has 0 amide bonds. The molecule has 0 aliphatic heterocycles. The molecule has 1 fully saturated rings. The fourth-order valence-electron chi connectivity index (χ4n) is 1.51. The Bertz CT molecular complexity index is 391. The quantitative estimate of drug-likeness (QED) is 0.751. The number of carbonyl (C=O) groups is 2. The van der Waals surface area contributed by atoms with E-state index in [1.54, 1.807) is 0 Å². The highest BCUT2D eigenvalue weighted by atomic mass is 16.4. The Morgan fingerprint density at radius 3 is 1.89 bits per heavy atom. The first-order valence-corrected chi connectivity index (χ1v) is 5.75. The van der Waals surface area contributed by atoms with Crippen molar-refractivity contribution in [3.63, 3.8) is 0 Å². The Hall–Kier alpha value is -1.88. The van der Waals surface area contributed by atoms with Crippen LogP contribution in [0.1, 0.15) is 30.7 Å². The zero-order valence-electron chi connectivity index (χ0n) is 9.95. The molecule has 0 saturated heterocycles. The summed E-state index contributed by atoms with van der Waals surface area (Å²) in [5, 5.41) is 15.8. The van der Waals surface area contributed by atoms with Crippen molar-refractivity contribution in [1.82, 2.24) is 0 Å². The molecule has 5 heteroatoms. The highest BCUT2D eigenvalue weighted by Crippen LogP contribution is 2.38. The SMILES string of the molecule is N[C@@H]1C[C@H]1c1ccccc1.O=C(O)CCC(=O)O. The summed E-state index contributed by atoms with van der Waals surface area (Å²) in [4.78, 5) is 19.3. The van der Waals surface area contributed by atoms with E-state index in [0.29, 0.717) is 12.0 Å². The summed E-state index contributed by atoms with van der Waals surface area (Å²) in [6.07, 6.45) is 0.578. The normalized spacial score (nSPS) is 20.5. The number of hydrogen-bond acceptors (Lipinski definition) is 3. The van der Waals surface area contributed by atoms with E-state index in [0.717, 1.165) is 0 Å². The predicted octanol–water partition coefficient (Wildman–Crippen LogP) is 1.44. The number of rotatable bonds is 4. The van der Waals surface area contributed by atoms with Gasteiger partial charge in [-0.3, -0.25) is 9.59 Å². The van der Waals surface area contributed by atoms with Crippen LogP contribution >= 0.6 is 0 Å². The molecular weight excluding hydrogens is 234 g/mol. The second-order valence-corrected chi connectivity index (χ2v) is 4.20. The lowest BCUT2D eigenvalue weighted by Gasteiger charge is -1.94. The lowest BCUT2D eigenvalue weighted by molar-refractivity contribution is -0.143. The maximum atomic E-state index is 9.64. The molecule has 18 heavy (non-hydrogen) atoms. The van der Waals surface area contributed by atoms with Gasteiger partial charge in [-0.05, 0) is 12.0 Å². The molecule has 1 saturated carbocycles. The number of aliphatic carboxylic acids is 2. The van der Waals surface area contributed by atoms with Gasteiger partial charge >= 0.3 is 11.9 Å². The summed E-state index contributed by atoms with van der Waals surface area (Å²) < 4.78 is 0. The fraction of sp³-hybridized carbons (Fsp3) is 0.385. The van der Waals surface area contributed by atoms with Gasteiger partial charge in [-0.25, -0.2) is 0 Å². The molecule has 4 N–H and O–H groups in total. The minimum Gasteiger partial charge on any atom is -0.481 e. The van der Waals surface area contributed by atoms with Crippen molar-refractivity contribution in [2.24, 2.45) is 5.73 Å². The van der Waals surface area contributed by atoms with E-state index in [-0.39, 0.29) is 12.8 Å². The van der Waals surface area contributed by atoms with Crippen LogP contribution in [-0.2, 0) is 9.59 Å². The average molecular weight is 251 g/mol. The summed E-state index contributed by atoms with van der Waals surface area (Å²) in [7, 11) is 0. The minimum absolute atomic E-state index is 0.296. The number of carboxylic acid groups (broad SMARTS) is 2. The molecule has 0 aromatic heterocycles. The van der Waals surface area contributed by atoms with Gasteiger partial charge in [0, 0.05) is 12.0 Å². The third kappa shape index (κ3) is 5.45. The smallest absolute Gasteiger partial charge is 0.303 e. The summed E-state index contributed by atoms with van der Waals surface area (Å²) in [5.74, 6) is -1.50. The number of carboxylic acids is 2. The van der Waals surface area contributed by atoms with Crippen molar-refractivity contribution in [3.8, 4) is 0 Å². The topological polar surface area (TPSA) is 101 Å². The lowest BCUT2D eigenvalue weighted by atomic mass is 10.1. The number of hydrogen-bond donors (Lipinski definition) is 3. The van der Waals surface area contributed by atoms with Crippen LogP contribution in [0.4, 0.5) is 0 Å². The first-order valence-electron chi connectivity index (χ1n) is 5.75. The average Bonchev–Trinajstić information content (AvgIpc) is 3.06. The standard InChI is InChI=1S/C9H11N.C4H6O4/c10-9-6-8(9)7-4-2-1-3-5-7;5-3(6)1-2-4(7)8/h1-5,8-9H,6,10H2;1-2H2,(H,5,6)(H,7,8)/t8-,9+;/m0./s1. The van der Waals surface area contributed by atoms with E-state index in [1.165, 1.54) is 12.0 Å². The van der Waals surface area contributed by atoms with E-state index >= 15 is 0 Å². The summed E-state index contributed by atoms with van der Waals surface area (Å²) in [6.45, 7) is 0. The number of nitrogens with two attached hydrogens (primary N) is 1. The third-order valence-electron chi connectivity index (χ3n) is 2.62. The Labute approximate surface area is 105 Å². The van der Waals surface area contributed by atoms with Crippen LogP contribution < -0.4 is 5.73 Å². The molecule has 98 valence electrons. The Balaban J connectivity index is 0.000000187. The first kappa shape index (κ1) is 14.2. The molecule has 0 heterocycles. The molecule has 0 unspecified atom stereocenters. The zero-order valence-corrected chi connectivity index (χ0v) is 9.95. The van der Waals surface area contributed by atoms with Crippen molar-refractivity contribution >= 4 is 11.9 Å². The van der Waals surface area contributed by atoms with Gasteiger partial charge < -0.3 is 15.9 Å². The van der Waals surface area contributed by atoms with Gasteiger partial charge in [0.05, 0.1) is 12.8 Å². The van der Waals surface area contributed by atoms with Crippen molar-refractivity contribution in [3.05, 3.63) is 35.9 Å². The van der Waals surface area contributed by atoms with Crippen molar-refractivity contribution < 1.29 is 19.8 Å². The molecule has 1 aliphatic carbocycles. The number of benzene rings is 1. The van der Waals surface area contributed by atoms with Crippen LogP contribution in [0.3, 0.4) is 0 Å². The molecule has 2 atom stereocenters. The van der Waals surface area contributed by atoms with Crippen molar-refractivity contribution in [1.29, 1.82) is 0 Å². The van der Waals surface area contributed by atoms with Gasteiger partial charge in [-0.15, -0.1) is 0 Å². The summed E-state index contributed by atoms with van der Waals surface area (Å²) >= 11 is 0. The monoisotopic (exact) mass is 251 g/mol. The molecule has 1 aromatic rings. The molecule has 1 aliphatic rings. The second kappa shape index (κ2) is 6.76. The Morgan fingerprint density at radius 1 is 1.11 bits per heavy atom. The van der Waals surface area contributed by atoms with Gasteiger partial charge in [-0.1, -0.05) is 30.3 Å². The van der Waals surface area contributed by atoms with Gasteiger partial charge in [0.2, 0.25) is 0 Å². The molecule has 5 nitrogen and oxygen atoms in total. The van der Waals surface area contributed by atoms with Crippen LogP contribution in [-0.4, -0.2) is 28.2 Å². The first-order chi connectivity index (χ1) is 8.50. The minimum atomic E-state index is -1.08. The molecule has 0 radical (unpaired) electrons. The third-order valence-corrected chi connectivity index (χ3v) is 2.62. The van der Waals surface area contributed by atoms with Crippen LogP contribution in [0.2, 0.25) is 0 Å². The van der Waals surface area contributed by atoms with Crippen molar-refractivity contribution in [2.75, 3.05) is 0 Å². The van der Waals surface area contributed by atoms with Crippen LogP contribution in [0.5, 0.6) is 0 Å². The van der Waals surface area contributed by atoms with E-state index in [2.05, 4.69) is 24.3 Å². The van der Waals surface area contributed by atoms with Crippen LogP contribution in [0.25, 0.3) is 0 Å². The predicted molar refractivity (Wildman–Crippen MR) is 66.3 cm³/mol. The highest BCUT2D eigenvalue weighted by molar-refractivity contribution is 5.75. The maximum absolute atomic E-state index is 9.64. The summed E-state index contributed by atoms with van der Waals surface area (Å²) in [5.41, 5.74) is 7.10. The van der Waals surface area contributed by atoms with E-state index in [9.17, 15) is 9.59 Å².